The molecule has 5 rings (SSSR count). The van der Waals surface area contributed by atoms with E-state index in [1.54, 1.807) is 30.5 Å². The van der Waals surface area contributed by atoms with Gasteiger partial charge < -0.3 is 9.32 Å². The van der Waals surface area contributed by atoms with Crippen molar-refractivity contribution in [1.82, 2.24) is 15.3 Å². The number of aryl methyl sites for hydroxylation is 1. The number of carbonyl (C=O) groups excluding carboxylic acids is 2. The van der Waals surface area contributed by atoms with Gasteiger partial charge in [-0.2, -0.15) is 13.2 Å². The second-order valence-corrected chi connectivity index (χ2v) is 10.3. The normalized spacial score (nSPS) is 17.9. The molecular formula is C27H25F3N4O3S. The number of rotatable bonds is 7. The van der Waals surface area contributed by atoms with Crippen molar-refractivity contribution < 1.29 is 27.2 Å². The van der Waals surface area contributed by atoms with Crippen molar-refractivity contribution >= 4 is 34.9 Å². The molecule has 2 aliphatic heterocycles. The summed E-state index contributed by atoms with van der Waals surface area (Å²) in [6.07, 6.45) is 3.53. The summed E-state index contributed by atoms with van der Waals surface area (Å²) < 4.78 is 44.8. The van der Waals surface area contributed by atoms with Crippen LogP contribution in [0.3, 0.4) is 0 Å². The fourth-order valence-corrected chi connectivity index (χ4v) is 5.32. The number of halogens is 3. The van der Waals surface area contributed by atoms with Crippen LogP contribution in [0.5, 0.6) is 0 Å². The Morgan fingerprint density at radius 1 is 1.13 bits per heavy atom. The molecule has 3 aromatic rings. The van der Waals surface area contributed by atoms with Gasteiger partial charge in [-0.3, -0.25) is 14.9 Å². The highest BCUT2D eigenvalue weighted by molar-refractivity contribution is 8.18. The molecule has 0 aliphatic carbocycles. The van der Waals surface area contributed by atoms with E-state index in [4.69, 9.17) is 4.42 Å². The number of hydrogen-bond donors (Lipinski definition) is 1. The summed E-state index contributed by atoms with van der Waals surface area (Å²) in [5.74, 6) is 1.95. The largest absolute Gasteiger partial charge is 0.461 e. The smallest absolute Gasteiger partial charge is 0.416 e. The van der Waals surface area contributed by atoms with Crippen LogP contribution in [-0.4, -0.2) is 34.2 Å². The second kappa shape index (κ2) is 11.0. The van der Waals surface area contributed by atoms with Gasteiger partial charge in [-0.25, -0.2) is 9.97 Å². The number of aromatic nitrogens is 2. The molecule has 0 radical (unpaired) electrons. The van der Waals surface area contributed by atoms with Crippen LogP contribution in [-0.2, 0) is 17.4 Å². The summed E-state index contributed by atoms with van der Waals surface area (Å²) in [5.41, 5.74) is 0.303. The number of benzene rings is 1. The molecule has 1 N–H and O–H groups in total. The van der Waals surface area contributed by atoms with E-state index in [2.05, 4.69) is 20.2 Å². The Hall–Kier alpha value is -3.60. The third-order valence-electron chi connectivity index (χ3n) is 6.65. The monoisotopic (exact) mass is 542 g/mol. The Morgan fingerprint density at radius 2 is 1.95 bits per heavy atom. The van der Waals surface area contributed by atoms with Crippen LogP contribution in [0.2, 0.25) is 0 Å². The molecule has 198 valence electrons. The van der Waals surface area contributed by atoms with Crippen molar-refractivity contribution in [3.63, 3.8) is 0 Å². The summed E-state index contributed by atoms with van der Waals surface area (Å²) in [6, 6.07) is 10.4. The van der Waals surface area contributed by atoms with Crippen molar-refractivity contribution in [3.05, 3.63) is 70.6 Å². The number of alkyl halides is 3. The van der Waals surface area contributed by atoms with Gasteiger partial charge in [0.2, 0.25) is 5.95 Å². The third-order valence-corrected chi connectivity index (χ3v) is 7.47. The van der Waals surface area contributed by atoms with Gasteiger partial charge >= 0.3 is 6.18 Å². The first kappa shape index (κ1) is 26.0. The molecule has 2 aliphatic rings. The van der Waals surface area contributed by atoms with Crippen molar-refractivity contribution in [3.8, 4) is 11.3 Å². The Balaban J connectivity index is 1.10. The maximum absolute atomic E-state index is 13.0. The standard InChI is InChI=1S/C27H25F3N4O3S/c28-27(29,30)19-5-2-4-18(15-19)22-8-7-21(37-22)6-1-3-17-10-13-34(14-11-17)25-31-12-9-20(32-25)16-23-24(35)33-26(36)38-23/h2,4-5,7-9,12,15-17H,1,3,6,10-11,13-14H2,(H,33,35,36)/b23-16-. The number of piperidine rings is 1. The molecule has 7 nitrogen and oxygen atoms in total. The molecule has 0 saturated carbocycles. The minimum absolute atomic E-state index is 0.317. The van der Waals surface area contributed by atoms with Crippen molar-refractivity contribution in [2.75, 3.05) is 18.0 Å². The summed E-state index contributed by atoms with van der Waals surface area (Å²) in [6.45, 7) is 1.64. The first-order valence-electron chi connectivity index (χ1n) is 12.3. The van der Waals surface area contributed by atoms with Gasteiger partial charge in [-0.1, -0.05) is 12.1 Å². The zero-order chi connectivity index (χ0) is 26.7. The molecule has 0 atom stereocenters. The lowest BCUT2D eigenvalue weighted by molar-refractivity contribution is -0.137. The number of imide groups is 1. The number of hydrogen-bond acceptors (Lipinski definition) is 7. The molecule has 0 bridgehead atoms. The lowest BCUT2D eigenvalue weighted by atomic mass is 9.91. The zero-order valence-corrected chi connectivity index (χ0v) is 21.1. The van der Waals surface area contributed by atoms with Crippen LogP contribution < -0.4 is 10.2 Å². The Bertz CT molecular complexity index is 1360. The highest BCUT2D eigenvalue weighted by Gasteiger charge is 2.30. The van der Waals surface area contributed by atoms with Crippen LogP contribution in [0.25, 0.3) is 17.4 Å². The van der Waals surface area contributed by atoms with E-state index < -0.39 is 17.6 Å². The molecule has 0 spiro atoms. The summed E-state index contributed by atoms with van der Waals surface area (Å²) >= 11 is 0.858. The highest BCUT2D eigenvalue weighted by atomic mass is 32.2. The average molecular weight is 543 g/mol. The lowest BCUT2D eigenvalue weighted by Gasteiger charge is -2.32. The van der Waals surface area contributed by atoms with E-state index >= 15 is 0 Å². The summed E-state index contributed by atoms with van der Waals surface area (Å²) in [5, 5.41) is 1.84. The lowest BCUT2D eigenvalue weighted by Crippen LogP contribution is -2.35. The van der Waals surface area contributed by atoms with Gasteiger partial charge in [-0.15, -0.1) is 0 Å². The van der Waals surface area contributed by atoms with Gasteiger partial charge in [0.15, 0.2) is 0 Å². The average Bonchev–Trinajstić information content (AvgIpc) is 3.50. The van der Waals surface area contributed by atoms with Crippen LogP contribution >= 0.6 is 11.8 Å². The van der Waals surface area contributed by atoms with Crippen LogP contribution in [0.4, 0.5) is 23.9 Å². The fraction of sp³-hybridized carbons (Fsp3) is 0.333. The minimum Gasteiger partial charge on any atom is -0.461 e. The van der Waals surface area contributed by atoms with Crippen molar-refractivity contribution in [1.29, 1.82) is 0 Å². The van der Waals surface area contributed by atoms with E-state index in [0.29, 0.717) is 33.8 Å². The highest BCUT2D eigenvalue weighted by Crippen LogP contribution is 2.33. The van der Waals surface area contributed by atoms with E-state index in [0.717, 1.165) is 74.8 Å². The molecule has 4 heterocycles. The van der Waals surface area contributed by atoms with Gasteiger partial charge in [0.25, 0.3) is 11.1 Å². The number of nitrogens with one attached hydrogen (secondary N) is 1. The molecular weight excluding hydrogens is 517 g/mol. The van der Waals surface area contributed by atoms with Crippen LogP contribution in [0.15, 0.2) is 58.0 Å². The molecule has 2 aromatic heterocycles. The first-order valence-corrected chi connectivity index (χ1v) is 13.2. The molecule has 1 aromatic carbocycles. The van der Waals surface area contributed by atoms with Gasteiger partial charge in [0.1, 0.15) is 11.5 Å². The molecule has 2 fully saturated rings. The molecule has 2 saturated heterocycles. The Kier molecular flexibility index (Phi) is 7.55. The van der Waals surface area contributed by atoms with Gasteiger partial charge in [0.05, 0.1) is 16.2 Å². The van der Waals surface area contributed by atoms with Crippen molar-refractivity contribution in [2.24, 2.45) is 5.92 Å². The quantitative estimate of drug-likeness (QED) is 0.350. The number of anilines is 1. The summed E-state index contributed by atoms with van der Waals surface area (Å²) in [4.78, 5) is 34.5. The predicted molar refractivity (Wildman–Crippen MR) is 138 cm³/mol. The van der Waals surface area contributed by atoms with Crippen LogP contribution in [0, 0.1) is 5.92 Å². The number of carbonyl (C=O) groups is 2. The minimum atomic E-state index is -4.39. The van der Waals surface area contributed by atoms with Crippen LogP contribution in [0.1, 0.15) is 42.7 Å². The maximum Gasteiger partial charge on any atom is 0.416 e. The molecule has 0 unspecified atom stereocenters. The molecule has 2 amide bonds. The number of nitrogens with zero attached hydrogens (tertiary/aromatic N) is 3. The third kappa shape index (κ3) is 6.27. The molecule has 38 heavy (non-hydrogen) atoms. The van der Waals surface area contributed by atoms with Crippen molar-refractivity contribution in [2.45, 2.75) is 38.3 Å². The Morgan fingerprint density at radius 3 is 2.68 bits per heavy atom. The topological polar surface area (TPSA) is 88.3 Å². The van der Waals surface area contributed by atoms with Gasteiger partial charge in [-0.05, 0) is 79.8 Å². The van der Waals surface area contributed by atoms with E-state index in [1.807, 2.05) is 6.07 Å². The number of thioether (sulfide) groups is 1. The SMILES string of the molecule is O=C1NC(=O)/C(=C/c2ccnc(N3CCC(CCCc4ccc(-c5cccc(C(F)(F)F)c5)o4)CC3)n2)S1. The number of furan rings is 1. The molecule has 11 heteroatoms. The van der Waals surface area contributed by atoms with Gasteiger partial charge in [0, 0.05) is 31.3 Å². The predicted octanol–water partition coefficient (Wildman–Crippen LogP) is 6.32. The first-order chi connectivity index (χ1) is 18.2. The number of amides is 2. The summed E-state index contributed by atoms with van der Waals surface area (Å²) in [7, 11) is 0. The fourth-order valence-electron chi connectivity index (χ4n) is 4.65. The van der Waals surface area contributed by atoms with E-state index in [9.17, 15) is 22.8 Å². The second-order valence-electron chi connectivity index (χ2n) is 9.30. The van der Waals surface area contributed by atoms with E-state index in [-0.39, 0.29) is 5.24 Å². The zero-order valence-electron chi connectivity index (χ0n) is 20.3. The Labute approximate surface area is 221 Å². The van der Waals surface area contributed by atoms with E-state index in [1.165, 1.54) is 6.07 Å². The maximum atomic E-state index is 13.0.